The number of unbranched alkanes of at least 4 members (excludes halogenated alkanes) is 15. The lowest BCUT2D eigenvalue weighted by Gasteiger charge is -2.27. The summed E-state index contributed by atoms with van der Waals surface area (Å²) in [6.07, 6.45) is 86.9. The highest BCUT2D eigenvalue weighted by molar-refractivity contribution is 7.47. The zero-order valence-corrected chi connectivity index (χ0v) is 53.1. The molecule has 3 unspecified atom stereocenters. The van der Waals surface area contributed by atoms with Crippen molar-refractivity contribution in [3.63, 3.8) is 0 Å². The SMILES string of the molecule is CC/C=C\C/C=C\C/C=C\C/C=C\C/C=C\C/C=C\CCCCCCC(=O)OC(/C=C/CCCCCCCCCCCCC)C(COP(=O)(O)OCC[N+](C)(C)C)NC(=O)CC/C=C\C/C=C\C/C=C\C/C=C\C/C=C\C/C=C\CC. The lowest BCUT2D eigenvalue weighted by molar-refractivity contribution is -0.870. The van der Waals surface area contributed by atoms with E-state index >= 15 is 0 Å². The van der Waals surface area contributed by atoms with Gasteiger partial charge in [0.05, 0.1) is 33.8 Å². The zero-order valence-electron chi connectivity index (χ0n) is 52.2. The highest BCUT2D eigenvalue weighted by atomic mass is 31.2. The third-order valence-corrected chi connectivity index (χ3v) is 14.0. The molecule has 1 amide bonds. The van der Waals surface area contributed by atoms with Gasteiger partial charge in [0.15, 0.2) is 0 Å². The Balaban J connectivity index is 5.44. The van der Waals surface area contributed by atoms with E-state index in [0.717, 1.165) is 122 Å². The van der Waals surface area contributed by atoms with E-state index in [0.29, 0.717) is 23.9 Å². The number of nitrogens with one attached hydrogen (secondary N) is 1. The Bertz CT molecular complexity index is 1940. The molecular formula is C71H118N2O7P+. The van der Waals surface area contributed by atoms with Gasteiger partial charge in [0.1, 0.15) is 19.3 Å². The van der Waals surface area contributed by atoms with E-state index in [2.05, 4.69) is 160 Å². The minimum atomic E-state index is -4.49. The van der Waals surface area contributed by atoms with Crippen LogP contribution in [0.15, 0.2) is 158 Å². The first-order valence-electron chi connectivity index (χ1n) is 31.8. The molecule has 0 spiro atoms. The zero-order chi connectivity index (χ0) is 59.3. The Kier molecular flexibility index (Phi) is 55.6. The lowest BCUT2D eigenvalue weighted by atomic mass is 10.0. The van der Waals surface area contributed by atoms with E-state index in [9.17, 15) is 19.0 Å². The molecule has 10 heteroatoms. The van der Waals surface area contributed by atoms with E-state index in [1.807, 2.05) is 45.4 Å². The van der Waals surface area contributed by atoms with Gasteiger partial charge in [0.2, 0.25) is 5.91 Å². The smallest absolute Gasteiger partial charge is 0.456 e. The lowest BCUT2D eigenvalue weighted by Crippen LogP contribution is -2.47. The standard InChI is InChI=1S/C71H117N2O7P/c1-7-10-13-16-19-22-25-28-30-32-34-35-36-37-39-41-43-46-49-52-55-58-61-64-71(75)80-69(62-59-56-53-50-47-44-27-24-21-18-15-12-9-3)68(67-79-81(76,77)78-66-65-73(4,5)6)72-70(74)63-60-57-54-51-48-45-42-40-38-33-31-29-26-23-20-17-14-11-8-2/h10-11,13-14,19-20,22-23,28-31,34-35,37-40,43,45-46,48,54,57,59,62,68-69H,7-9,12,15-18,21,24-27,32-33,36,41-42,44,47,49-53,55-56,58,60-61,63-67H2,1-6H3,(H-,72,74,76,77)/p+1/b13-10-,14-11-,22-19-,23-20-,30-28-,31-29-,35-34-,39-37-,40-38-,46-43-,48-45-,57-54-,62-59+. The fraction of sp³-hybridized carbons (Fsp3) is 0.606. The minimum Gasteiger partial charge on any atom is -0.456 e. The van der Waals surface area contributed by atoms with Crippen molar-refractivity contribution in [2.45, 2.75) is 238 Å². The number of ether oxygens (including phenoxy) is 1. The van der Waals surface area contributed by atoms with Crippen molar-refractivity contribution in [1.82, 2.24) is 5.32 Å². The topological polar surface area (TPSA) is 111 Å². The van der Waals surface area contributed by atoms with Gasteiger partial charge in [-0.05, 0) is 122 Å². The van der Waals surface area contributed by atoms with Crippen LogP contribution in [-0.2, 0) is 27.9 Å². The highest BCUT2D eigenvalue weighted by Gasteiger charge is 2.30. The monoisotopic (exact) mass is 1140 g/mol. The molecule has 0 radical (unpaired) electrons. The molecule has 0 aliphatic heterocycles. The molecule has 9 nitrogen and oxygen atoms in total. The first-order valence-corrected chi connectivity index (χ1v) is 33.3. The van der Waals surface area contributed by atoms with Crippen LogP contribution < -0.4 is 5.32 Å². The Morgan fingerprint density at radius 2 is 0.802 bits per heavy atom. The fourth-order valence-corrected chi connectivity index (χ4v) is 8.88. The Morgan fingerprint density at radius 3 is 1.21 bits per heavy atom. The van der Waals surface area contributed by atoms with Crippen LogP contribution in [0.5, 0.6) is 0 Å². The van der Waals surface area contributed by atoms with Crippen molar-refractivity contribution in [2.24, 2.45) is 0 Å². The first-order chi connectivity index (χ1) is 39.4. The maximum Gasteiger partial charge on any atom is 0.472 e. The summed E-state index contributed by atoms with van der Waals surface area (Å²) in [7, 11) is 1.41. The van der Waals surface area contributed by atoms with E-state index in [1.165, 1.54) is 57.8 Å². The number of amides is 1. The van der Waals surface area contributed by atoms with Crippen LogP contribution in [0, 0.1) is 0 Å². The van der Waals surface area contributed by atoms with E-state index in [-0.39, 0.29) is 37.9 Å². The fourth-order valence-electron chi connectivity index (χ4n) is 8.14. The van der Waals surface area contributed by atoms with Crippen LogP contribution in [0.1, 0.15) is 226 Å². The Morgan fingerprint density at radius 1 is 0.444 bits per heavy atom. The number of likely N-dealkylation sites (N-methyl/N-ethyl adjacent to an activating group) is 1. The molecule has 3 atom stereocenters. The van der Waals surface area contributed by atoms with Gasteiger partial charge < -0.3 is 19.4 Å². The van der Waals surface area contributed by atoms with Gasteiger partial charge in [-0.25, -0.2) is 4.57 Å². The molecule has 0 rings (SSSR count). The van der Waals surface area contributed by atoms with Crippen molar-refractivity contribution >= 4 is 19.7 Å². The van der Waals surface area contributed by atoms with Gasteiger partial charge >= 0.3 is 13.8 Å². The van der Waals surface area contributed by atoms with Crippen molar-refractivity contribution in [3.8, 4) is 0 Å². The summed E-state index contributed by atoms with van der Waals surface area (Å²) >= 11 is 0. The predicted molar refractivity (Wildman–Crippen MR) is 350 cm³/mol. The molecule has 0 aliphatic carbocycles. The number of phosphoric ester groups is 1. The number of rotatable bonds is 55. The second-order valence-corrected chi connectivity index (χ2v) is 23.3. The van der Waals surface area contributed by atoms with Gasteiger partial charge in [-0.3, -0.25) is 18.6 Å². The summed E-state index contributed by atoms with van der Waals surface area (Å²) in [5, 5.41) is 3.00. The number of phosphoric acid groups is 1. The number of allylic oxidation sites excluding steroid dienone is 25. The Hall–Kier alpha value is -4.37. The normalized spacial score (nSPS) is 14.7. The van der Waals surface area contributed by atoms with Crippen LogP contribution in [0.2, 0.25) is 0 Å². The average molecular weight is 1140 g/mol. The van der Waals surface area contributed by atoms with Crippen LogP contribution >= 0.6 is 7.82 Å². The number of hydrogen-bond acceptors (Lipinski definition) is 6. The number of hydrogen-bond donors (Lipinski definition) is 2. The molecule has 0 saturated carbocycles. The summed E-state index contributed by atoms with van der Waals surface area (Å²) in [6.45, 7) is 6.69. The Labute approximate surface area is 497 Å². The third kappa shape index (κ3) is 60.1. The second kappa shape index (κ2) is 58.8. The van der Waals surface area contributed by atoms with Gasteiger partial charge in [-0.15, -0.1) is 0 Å². The molecule has 0 aromatic rings. The summed E-state index contributed by atoms with van der Waals surface area (Å²) in [5.74, 6) is -0.645. The number of nitrogens with zero attached hydrogens (tertiary/aromatic N) is 1. The summed E-state index contributed by atoms with van der Waals surface area (Å²) in [4.78, 5) is 37.7. The van der Waals surface area contributed by atoms with Crippen LogP contribution in [-0.4, -0.2) is 74.3 Å². The summed E-state index contributed by atoms with van der Waals surface area (Å²) < 4.78 is 30.6. The average Bonchev–Trinajstić information content (AvgIpc) is 3.44. The van der Waals surface area contributed by atoms with Gasteiger partial charge in [0, 0.05) is 12.8 Å². The largest absolute Gasteiger partial charge is 0.472 e. The maximum absolute atomic E-state index is 13.5. The van der Waals surface area contributed by atoms with Crippen molar-refractivity contribution < 1.29 is 37.3 Å². The van der Waals surface area contributed by atoms with Crippen LogP contribution in [0.4, 0.5) is 0 Å². The summed E-state index contributed by atoms with van der Waals surface area (Å²) in [5.41, 5.74) is 0. The number of carbonyl (C=O) groups is 2. The number of quaternary nitrogens is 1. The molecule has 458 valence electrons. The van der Waals surface area contributed by atoms with Gasteiger partial charge in [0.25, 0.3) is 0 Å². The molecule has 2 N–H and O–H groups in total. The molecule has 0 aliphatic rings. The van der Waals surface area contributed by atoms with Crippen LogP contribution in [0.25, 0.3) is 0 Å². The highest BCUT2D eigenvalue weighted by Crippen LogP contribution is 2.43. The van der Waals surface area contributed by atoms with Crippen molar-refractivity contribution in [1.29, 1.82) is 0 Å². The second-order valence-electron chi connectivity index (χ2n) is 21.8. The molecule has 0 fully saturated rings. The molecule has 0 aromatic heterocycles. The molecule has 81 heavy (non-hydrogen) atoms. The van der Waals surface area contributed by atoms with E-state index in [4.69, 9.17) is 13.8 Å². The van der Waals surface area contributed by atoms with Crippen molar-refractivity contribution in [3.05, 3.63) is 158 Å². The number of carbonyl (C=O) groups excluding carboxylic acids is 2. The molecule has 0 bridgehead atoms. The molecular weight excluding hydrogens is 1020 g/mol. The third-order valence-electron chi connectivity index (χ3n) is 13.0. The van der Waals surface area contributed by atoms with Crippen molar-refractivity contribution in [2.75, 3.05) is 40.9 Å². The van der Waals surface area contributed by atoms with E-state index in [1.54, 1.807) is 0 Å². The van der Waals surface area contributed by atoms with Crippen LogP contribution in [0.3, 0.4) is 0 Å². The molecule has 0 heterocycles. The van der Waals surface area contributed by atoms with E-state index < -0.39 is 20.0 Å². The minimum absolute atomic E-state index is 0.0128. The quantitative estimate of drug-likeness (QED) is 0.0205. The molecule has 0 aromatic carbocycles. The van der Waals surface area contributed by atoms with Gasteiger partial charge in [-0.2, -0.15) is 0 Å². The first kappa shape index (κ1) is 76.6. The predicted octanol–water partition coefficient (Wildman–Crippen LogP) is 20.0. The molecule has 0 saturated heterocycles. The summed E-state index contributed by atoms with van der Waals surface area (Å²) in [6, 6.07) is -0.913. The maximum atomic E-state index is 13.5. The number of esters is 1. The van der Waals surface area contributed by atoms with Gasteiger partial charge in [-0.1, -0.05) is 250 Å².